The van der Waals surface area contributed by atoms with Gasteiger partial charge in [-0.25, -0.2) is 0 Å². The summed E-state index contributed by atoms with van der Waals surface area (Å²) in [7, 11) is 2.10. The van der Waals surface area contributed by atoms with Crippen molar-refractivity contribution >= 4 is 33.4 Å². The SMILES string of the molecule is CSCCC(C)N(C)c1ccc(C#N)c(Br)c1. The number of hydrogen-bond donors (Lipinski definition) is 0. The van der Waals surface area contributed by atoms with E-state index in [-0.39, 0.29) is 0 Å². The summed E-state index contributed by atoms with van der Waals surface area (Å²) in [4.78, 5) is 2.25. The molecule has 0 fully saturated rings. The van der Waals surface area contributed by atoms with Crippen LogP contribution in [-0.2, 0) is 0 Å². The Hall–Kier alpha value is -0.660. The molecule has 0 amide bonds. The number of rotatable bonds is 5. The molecule has 0 aliphatic heterocycles. The molecule has 0 aliphatic rings. The summed E-state index contributed by atoms with van der Waals surface area (Å²) < 4.78 is 0.862. The van der Waals surface area contributed by atoms with Crippen LogP contribution >= 0.6 is 27.7 Å². The zero-order chi connectivity index (χ0) is 12.8. The Morgan fingerprint density at radius 1 is 1.53 bits per heavy atom. The van der Waals surface area contributed by atoms with Crippen LogP contribution in [-0.4, -0.2) is 25.1 Å². The molecule has 0 aromatic heterocycles. The molecule has 1 unspecified atom stereocenters. The Bertz CT molecular complexity index is 414. The predicted octanol–water partition coefficient (Wildman–Crippen LogP) is 3.90. The number of anilines is 1. The van der Waals surface area contributed by atoms with Crippen LogP contribution in [0.1, 0.15) is 18.9 Å². The van der Waals surface area contributed by atoms with Gasteiger partial charge in [-0.1, -0.05) is 0 Å². The van der Waals surface area contributed by atoms with E-state index in [2.05, 4.69) is 47.1 Å². The molecule has 1 rings (SSSR count). The zero-order valence-corrected chi connectivity index (χ0v) is 12.8. The van der Waals surface area contributed by atoms with E-state index in [0.29, 0.717) is 11.6 Å². The average Bonchev–Trinajstić information content (AvgIpc) is 2.34. The quantitative estimate of drug-likeness (QED) is 0.825. The van der Waals surface area contributed by atoms with Gasteiger partial charge < -0.3 is 4.90 Å². The highest BCUT2D eigenvalue weighted by Crippen LogP contribution is 2.24. The van der Waals surface area contributed by atoms with E-state index in [4.69, 9.17) is 5.26 Å². The average molecular weight is 313 g/mol. The molecule has 0 radical (unpaired) electrons. The number of hydrogen-bond acceptors (Lipinski definition) is 3. The van der Waals surface area contributed by atoms with Crippen molar-refractivity contribution in [1.29, 1.82) is 5.26 Å². The highest BCUT2D eigenvalue weighted by Gasteiger charge is 2.11. The molecule has 0 N–H and O–H groups in total. The van der Waals surface area contributed by atoms with E-state index in [0.717, 1.165) is 16.6 Å². The number of benzene rings is 1. The monoisotopic (exact) mass is 312 g/mol. The van der Waals surface area contributed by atoms with Gasteiger partial charge in [0, 0.05) is 23.2 Å². The van der Waals surface area contributed by atoms with E-state index in [1.165, 1.54) is 5.75 Å². The third-order valence-electron chi connectivity index (χ3n) is 2.88. The van der Waals surface area contributed by atoms with Crippen LogP contribution in [0.15, 0.2) is 22.7 Å². The highest BCUT2D eigenvalue weighted by molar-refractivity contribution is 9.10. The van der Waals surface area contributed by atoms with E-state index < -0.39 is 0 Å². The Kier molecular flexibility index (Phi) is 5.87. The van der Waals surface area contributed by atoms with Crippen LogP contribution < -0.4 is 4.90 Å². The van der Waals surface area contributed by atoms with Crippen molar-refractivity contribution in [2.24, 2.45) is 0 Å². The molecule has 17 heavy (non-hydrogen) atoms. The maximum absolute atomic E-state index is 8.88. The maximum atomic E-state index is 8.88. The summed E-state index contributed by atoms with van der Waals surface area (Å²) in [6.45, 7) is 2.22. The van der Waals surface area contributed by atoms with Gasteiger partial charge in [-0.05, 0) is 59.5 Å². The Morgan fingerprint density at radius 2 is 2.24 bits per heavy atom. The van der Waals surface area contributed by atoms with Crippen molar-refractivity contribution in [3.05, 3.63) is 28.2 Å². The molecule has 92 valence electrons. The third kappa shape index (κ3) is 3.93. The lowest BCUT2D eigenvalue weighted by Gasteiger charge is -2.27. The molecule has 0 saturated heterocycles. The van der Waals surface area contributed by atoms with Gasteiger partial charge in [0.25, 0.3) is 0 Å². The van der Waals surface area contributed by atoms with Crippen molar-refractivity contribution < 1.29 is 0 Å². The van der Waals surface area contributed by atoms with Gasteiger partial charge in [0.05, 0.1) is 5.56 Å². The van der Waals surface area contributed by atoms with Gasteiger partial charge in [-0.3, -0.25) is 0 Å². The number of nitriles is 1. The van der Waals surface area contributed by atoms with Crippen molar-refractivity contribution in [2.75, 3.05) is 24.0 Å². The van der Waals surface area contributed by atoms with Gasteiger partial charge in [0.1, 0.15) is 6.07 Å². The number of halogens is 1. The molecule has 1 atom stereocenters. The first-order valence-corrected chi connectivity index (χ1v) is 7.70. The molecule has 0 saturated carbocycles. The number of nitrogens with zero attached hydrogens (tertiary/aromatic N) is 2. The van der Waals surface area contributed by atoms with E-state index in [9.17, 15) is 0 Å². The molecule has 2 nitrogen and oxygen atoms in total. The molecule has 0 aliphatic carbocycles. The van der Waals surface area contributed by atoms with Gasteiger partial charge in [-0.15, -0.1) is 0 Å². The van der Waals surface area contributed by atoms with Gasteiger partial charge in [0.15, 0.2) is 0 Å². The Balaban J connectivity index is 2.79. The largest absolute Gasteiger partial charge is 0.372 e. The van der Waals surface area contributed by atoms with Gasteiger partial charge in [0.2, 0.25) is 0 Å². The van der Waals surface area contributed by atoms with E-state index in [1.807, 2.05) is 30.0 Å². The van der Waals surface area contributed by atoms with Crippen LogP contribution in [0.25, 0.3) is 0 Å². The van der Waals surface area contributed by atoms with Crippen molar-refractivity contribution in [2.45, 2.75) is 19.4 Å². The van der Waals surface area contributed by atoms with Crippen LogP contribution in [0.3, 0.4) is 0 Å². The topological polar surface area (TPSA) is 27.0 Å². The minimum atomic E-state index is 0.502. The van der Waals surface area contributed by atoms with Crippen LogP contribution in [0.2, 0.25) is 0 Å². The summed E-state index contributed by atoms with van der Waals surface area (Å²) in [5.41, 5.74) is 1.82. The van der Waals surface area contributed by atoms with Crippen molar-refractivity contribution in [3.8, 4) is 6.07 Å². The van der Waals surface area contributed by atoms with Crippen LogP contribution in [0.5, 0.6) is 0 Å². The van der Waals surface area contributed by atoms with Crippen molar-refractivity contribution in [1.82, 2.24) is 0 Å². The summed E-state index contributed by atoms with van der Waals surface area (Å²) in [5, 5.41) is 8.88. The predicted molar refractivity (Wildman–Crippen MR) is 79.7 cm³/mol. The molecule has 1 aromatic carbocycles. The van der Waals surface area contributed by atoms with Crippen LogP contribution in [0, 0.1) is 11.3 Å². The van der Waals surface area contributed by atoms with Crippen molar-refractivity contribution in [3.63, 3.8) is 0 Å². The lowest BCUT2D eigenvalue weighted by Crippen LogP contribution is -2.29. The molecule has 0 heterocycles. The second-order valence-corrected chi connectivity index (χ2v) is 5.86. The van der Waals surface area contributed by atoms with Gasteiger partial charge >= 0.3 is 0 Å². The van der Waals surface area contributed by atoms with Gasteiger partial charge in [-0.2, -0.15) is 17.0 Å². The summed E-state index contributed by atoms with van der Waals surface area (Å²) in [5.74, 6) is 1.17. The second-order valence-electron chi connectivity index (χ2n) is 4.02. The summed E-state index contributed by atoms with van der Waals surface area (Å²) >= 11 is 5.30. The summed E-state index contributed by atoms with van der Waals surface area (Å²) in [6, 6.07) is 8.52. The lowest BCUT2D eigenvalue weighted by molar-refractivity contribution is 0.669. The zero-order valence-electron chi connectivity index (χ0n) is 10.4. The summed E-state index contributed by atoms with van der Waals surface area (Å²) in [6.07, 6.45) is 3.29. The first-order chi connectivity index (χ1) is 8.10. The fourth-order valence-electron chi connectivity index (χ4n) is 1.55. The molecule has 0 bridgehead atoms. The Morgan fingerprint density at radius 3 is 2.76 bits per heavy atom. The fourth-order valence-corrected chi connectivity index (χ4v) is 2.58. The smallest absolute Gasteiger partial charge is 0.100 e. The first-order valence-electron chi connectivity index (χ1n) is 5.51. The minimum Gasteiger partial charge on any atom is -0.372 e. The lowest BCUT2D eigenvalue weighted by atomic mass is 10.1. The molecule has 1 aromatic rings. The highest BCUT2D eigenvalue weighted by atomic mass is 79.9. The second kappa shape index (κ2) is 6.93. The first kappa shape index (κ1) is 14.4. The van der Waals surface area contributed by atoms with Crippen LogP contribution in [0.4, 0.5) is 5.69 Å². The minimum absolute atomic E-state index is 0.502. The normalized spacial score (nSPS) is 11.9. The third-order valence-corrected chi connectivity index (χ3v) is 4.18. The number of thioether (sulfide) groups is 1. The molecular weight excluding hydrogens is 296 g/mol. The standard InChI is InChI=1S/C13H17BrN2S/c1-10(6-7-17-3)16(2)12-5-4-11(9-15)13(14)8-12/h4-5,8,10H,6-7H2,1-3H3. The maximum Gasteiger partial charge on any atom is 0.100 e. The Labute approximate surface area is 116 Å². The molecular formula is C13H17BrN2S. The molecule has 0 spiro atoms. The fraction of sp³-hybridized carbons (Fsp3) is 0.462. The van der Waals surface area contributed by atoms with E-state index >= 15 is 0 Å². The van der Waals surface area contributed by atoms with E-state index in [1.54, 1.807) is 0 Å². The molecule has 4 heteroatoms.